The highest BCUT2D eigenvalue weighted by molar-refractivity contribution is 5.93. The van der Waals surface area contributed by atoms with Crippen LogP contribution in [0.15, 0.2) is 18.2 Å². The first-order valence-corrected chi connectivity index (χ1v) is 9.29. The zero-order valence-electron chi connectivity index (χ0n) is 16.0. The van der Waals surface area contributed by atoms with Crippen LogP contribution in [-0.2, 0) is 19.1 Å². The van der Waals surface area contributed by atoms with Crippen LogP contribution >= 0.6 is 0 Å². The van der Waals surface area contributed by atoms with E-state index >= 15 is 0 Å². The molecule has 0 aliphatic heterocycles. The van der Waals surface area contributed by atoms with Gasteiger partial charge in [0.2, 0.25) is 0 Å². The van der Waals surface area contributed by atoms with Crippen molar-refractivity contribution in [2.45, 2.75) is 46.1 Å². The minimum Gasteiger partial charge on any atom is -0.454 e. The lowest BCUT2D eigenvalue weighted by Crippen LogP contribution is -2.36. The van der Waals surface area contributed by atoms with Gasteiger partial charge in [-0.25, -0.2) is 13.6 Å². The maximum atomic E-state index is 13.5. The number of ether oxygens (including phenoxy) is 2. The topological polar surface area (TPSA) is 64.6 Å². The first kappa shape index (κ1) is 21.3. The first-order valence-electron chi connectivity index (χ1n) is 9.29. The maximum absolute atomic E-state index is 13.5. The molecule has 5 nitrogen and oxygen atoms in total. The maximum Gasteiger partial charge on any atom is 0.332 e. The highest BCUT2D eigenvalue weighted by atomic mass is 19.1. The fraction of sp³-hybridized carbons (Fsp3) is 0.600. The summed E-state index contributed by atoms with van der Waals surface area (Å²) in [5, 5.41) is 2.06. The van der Waals surface area contributed by atoms with Crippen molar-refractivity contribution >= 4 is 17.6 Å². The Hall–Kier alpha value is -2.02. The quantitative estimate of drug-likeness (QED) is 0.725. The van der Waals surface area contributed by atoms with Gasteiger partial charge in [0.25, 0.3) is 5.91 Å². The Morgan fingerprint density at radius 1 is 1.19 bits per heavy atom. The number of rotatable bonds is 7. The van der Waals surface area contributed by atoms with Crippen molar-refractivity contribution in [1.82, 2.24) is 0 Å². The molecule has 1 amide bonds. The Balaban J connectivity index is 1.77. The third-order valence-corrected chi connectivity index (χ3v) is 4.97. The summed E-state index contributed by atoms with van der Waals surface area (Å²) < 4.78 is 37.6. The molecule has 27 heavy (non-hydrogen) atoms. The van der Waals surface area contributed by atoms with Crippen molar-refractivity contribution in [2.24, 2.45) is 17.8 Å². The molecule has 3 atom stereocenters. The lowest BCUT2D eigenvalue weighted by atomic mass is 9.75. The van der Waals surface area contributed by atoms with Gasteiger partial charge >= 0.3 is 5.97 Å². The molecule has 7 heteroatoms. The molecule has 1 aliphatic rings. The second-order valence-electron chi connectivity index (χ2n) is 7.48. The van der Waals surface area contributed by atoms with E-state index in [4.69, 9.17) is 9.47 Å². The van der Waals surface area contributed by atoms with E-state index in [-0.39, 0.29) is 12.7 Å². The average Bonchev–Trinajstić information content (AvgIpc) is 2.61. The molecule has 1 saturated carbocycles. The molecule has 0 bridgehead atoms. The van der Waals surface area contributed by atoms with Crippen molar-refractivity contribution in [3.8, 4) is 0 Å². The van der Waals surface area contributed by atoms with Gasteiger partial charge in [-0.15, -0.1) is 0 Å². The summed E-state index contributed by atoms with van der Waals surface area (Å²) in [5.41, 5.74) is -0.564. The normalized spacial score (nSPS) is 22.5. The number of carbonyl (C=O) groups excluding carboxylic acids is 2. The van der Waals surface area contributed by atoms with Crippen LogP contribution in [0.3, 0.4) is 0 Å². The molecule has 0 heterocycles. The Labute approximate surface area is 158 Å². The smallest absolute Gasteiger partial charge is 0.332 e. The summed E-state index contributed by atoms with van der Waals surface area (Å²) in [5.74, 6) is -1.91. The minimum absolute atomic E-state index is 0.0114. The van der Waals surface area contributed by atoms with Gasteiger partial charge in [0.05, 0.1) is 6.10 Å². The average molecular weight is 383 g/mol. The van der Waals surface area contributed by atoms with E-state index in [9.17, 15) is 18.4 Å². The lowest BCUT2D eigenvalue weighted by Gasteiger charge is -2.36. The minimum atomic E-state index is -0.899. The molecule has 1 aromatic carbocycles. The molecule has 0 radical (unpaired) electrons. The van der Waals surface area contributed by atoms with Crippen LogP contribution in [0.1, 0.15) is 40.0 Å². The van der Waals surface area contributed by atoms with Crippen LogP contribution in [0, 0.1) is 29.4 Å². The van der Waals surface area contributed by atoms with Gasteiger partial charge in [-0.3, -0.25) is 4.79 Å². The standard InChI is InChI=1S/C20H27F2NO4/c1-12(2)14-8-7-13(3)9-17(14)26-11-19(25)27-10-18(24)23-20-15(21)5-4-6-16(20)22/h4-6,12-14,17H,7-11H2,1-3H3,(H,23,24). The zero-order valence-corrected chi connectivity index (χ0v) is 16.0. The molecule has 0 saturated heterocycles. The number of carbonyl (C=O) groups is 2. The van der Waals surface area contributed by atoms with Crippen molar-refractivity contribution in [3.63, 3.8) is 0 Å². The zero-order chi connectivity index (χ0) is 20.0. The van der Waals surface area contributed by atoms with Crippen molar-refractivity contribution in [3.05, 3.63) is 29.8 Å². The van der Waals surface area contributed by atoms with E-state index < -0.39 is 35.8 Å². The number of nitrogens with one attached hydrogen (secondary N) is 1. The predicted molar refractivity (Wildman–Crippen MR) is 97.0 cm³/mol. The van der Waals surface area contributed by atoms with Crippen LogP contribution in [0.25, 0.3) is 0 Å². The number of para-hydroxylation sites is 1. The molecule has 1 aromatic rings. The third kappa shape index (κ3) is 6.27. The van der Waals surface area contributed by atoms with Gasteiger partial charge in [0.15, 0.2) is 6.61 Å². The monoisotopic (exact) mass is 383 g/mol. The van der Waals surface area contributed by atoms with Gasteiger partial charge in [-0.2, -0.15) is 0 Å². The Morgan fingerprint density at radius 3 is 2.48 bits per heavy atom. The summed E-state index contributed by atoms with van der Waals surface area (Å²) in [6.07, 6.45) is 3.10. The van der Waals surface area contributed by atoms with E-state index in [0.29, 0.717) is 17.8 Å². The van der Waals surface area contributed by atoms with Crippen LogP contribution in [0.2, 0.25) is 0 Å². The number of hydrogen-bond donors (Lipinski definition) is 1. The van der Waals surface area contributed by atoms with Gasteiger partial charge in [-0.05, 0) is 42.7 Å². The van der Waals surface area contributed by atoms with Gasteiger partial charge in [0.1, 0.15) is 23.9 Å². The van der Waals surface area contributed by atoms with Crippen molar-refractivity contribution in [1.29, 1.82) is 0 Å². The lowest BCUT2D eigenvalue weighted by molar-refractivity contribution is -0.156. The van der Waals surface area contributed by atoms with E-state index in [1.165, 1.54) is 6.07 Å². The second kappa shape index (κ2) is 9.78. The van der Waals surface area contributed by atoms with Gasteiger partial charge in [0, 0.05) is 0 Å². The van der Waals surface area contributed by atoms with Gasteiger partial charge in [-0.1, -0.05) is 33.3 Å². The molecule has 2 rings (SSSR count). The highest BCUT2D eigenvalue weighted by Crippen LogP contribution is 2.35. The largest absolute Gasteiger partial charge is 0.454 e. The molecular weight excluding hydrogens is 356 g/mol. The van der Waals surface area contributed by atoms with E-state index in [1.54, 1.807) is 0 Å². The molecule has 1 aliphatic carbocycles. The molecule has 0 spiro atoms. The van der Waals surface area contributed by atoms with Crippen LogP contribution in [-0.4, -0.2) is 31.2 Å². The molecule has 150 valence electrons. The summed E-state index contributed by atoms with van der Waals surface area (Å²) in [4.78, 5) is 23.6. The van der Waals surface area contributed by atoms with Crippen LogP contribution in [0.5, 0.6) is 0 Å². The number of anilines is 1. The summed E-state index contributed by atoms with van der Waals surface area (Å²) in [7, 11) is 0. The Morgan fingerprint density at radius 2 is 1.85 bits per heavy atom. The summed E-state index contributed by atoms with van der Waals surface area (Å²) in [6, 6.07) is 3.23. The third-order valence-electron chi connectivity index (χ3n) is 4.97. The van der Waals surface area contributed by atoms with Gasteiger partial charge < -0.3 is 14.8 Å². The fourth-order valence-electron chi connectivity index (χ4n) is 3.46. The van der Waals surface area contributed by atoms with E-state index in [1.807, 2.05) is 0 Å². The fourth-order valence-corrected chi connectivity index (χ4v) is 3.46. The second-order valence-corrected chi connectivity index (χ2v) is 7.48. The van der Waals surface area contributed by atoms with Crippen LogP contribution in [0.4, 0.5) is 14.5 Å². The predicted octanol–water partition coefficient (Wildman–Crippen LogP) is 3.92. The van der Waals surface area contributed by atoms with E-state index in [2.05, 4.69) is 26.1 Å². The number of amides is 1. The molecule has 3 unspecified atom stereocenters. The number of benzene rings is 1. The number of hydrogen-bond acceptors (Lipinski definition) is 4. The molecule has 1 fully saturated rings. The summed E-state index contributed by atoms with van der Waals surface area (Å²) >= 11 is 0. The molecule has 0 aromatic heterocycles. The van der Waals surface area contributed by atoms with E-state index in [0.717, 1.165) is 31.4 Å². The van der Waals surface area contributed by atoms with Crippen molar-refractivity contribution in [2.75, 3.05) is 18.5 Å². The van der Waals surface area contributed by atoms with Crippen LogP contribution < -0.4 is 5.32 Å². The Kier molecular flexibility index (Phi) is 7.71. The Bertz CT molecular complexity index is 645. The molecular formula is C20H27F2NO4. The van der Waals surface area contributed by atoms with Crippen molar-refractivity contribution < 1.29 is 27.8 Å². The highest BCUT2D eigenvalue weighted by Gasteiger charge is 2.31. The first-order chi connectivity index (χ1) is 12.8. The molecule has 1 N–H and O–H groups in total. The summed E-state index contributed by atoms with van der Waals surface area (Å²) in [6.45, 7) is 5.56. The SMILES string of the molecule is CC1CCC(C(C)C)C(OCC(=O)OCC(=O)Nc2c(F)cccc2F)C1. The number of halogens is 2. The number of esters is 1.